The summed E-state index contributed by atoms with van der Waals surface area (Å²) in [5.41, 5.74) is 1.29. The van der Waals surface area contributed by atoms with Crippen molar-refractivity contribution in [1.82, 2.24) is 9.62 Å². The number of rotatable bonds is 8. The molecule has 1 saturated heterocycles. The predicted molar refractivity (Wildman–Crippen MR) is 106 cm³/mol. The van der Waals surface area contributed by atoms with Gasteiger partial charge in [0.05, 0.1) is 0 Å². The van der Waals surface area contributed by atoms with Crippen LogP contribution in [-0.4, -0.2) is 54.9 Å². The van der Waals surface area contributed by atoms with Gasteiger partial charge in [0, 0.05) is 13.1 Å². The number of hydrogen-bond acceptors (Lipinski definition) is 5. The van der Waals surface area contributed by atoms with Gasteiger partial charge in [0.25, 0.3) is 0 Å². The van der Waals surface area contributed by atoms with Crippen molar-refractivity contribution in [3.8, 4) is 0 Å². The first-order chi connectivity index (χ1) is 14.2. The summed E-state index contributed by atoms with van der Waals surface area (Å²) in [7, 11) is -3.98. The van der Waals surface area contributed by atoms with E-state index in [9.17, 15) is 27.5 Å². The molecule has 10 heteroatoms. The van der Waals surface area contributed by atoms with E-state index in [4.69, 9.17) is 4.74 Å². The maximum Gasteiger partial charge on any atom is 0.410 e. The molecule has 1 aliphatic rings. The topological polar surface area (TPSA) is 113 Å². The summed E-state index contributed by atoms with van der Waals surface area (Å²) in [6.45, 7) is -0.109. The minimum Gasteiger partial charge on any atom is -0.480 e. The molecule has 0 spiro atoms. The lowest BCUT2D eigenvalue weighted by atomic mass is 10.1. The molecule has 0 aromatic heterocycles. The van der Waals surface area contributed by atoms with E-state index in [1.807, 2.05) is 18.2 Å². The van der Waals surface area contributed by atoms with E-state index in [0.717, 1.165) is 5.56 Å². The number of likely N-dealkylation sites (tertiary alicyclic amines) is 1. The number of nitrogens with zero attached hydrogens (tertiary/aromatic N) is 1. The number of hydrogen-bond donors (Lipinski definition) is 2. The molecule has 0 aliphatic carbocycles. The SMILES string of the molecule is O=C(O)C(Cc1ccc(F)cc1)NS(=O)(=O)C1CN(C(=O)OCc2ccccc2)C1. The molecule has 1 amide bonds. The molecule has 2 aromatic carbocycles. The lowest BCUT2D eigenvalue weighted by Crippen LogP contribution is -2.61. The average molecular weight is 436 g/mol. The van der Waals surface area contributed by atoms with Gasteiger partial charge in [0.2, 0.25) is 10.0 Å². The quantitative estimate of drug-likeness (QED) is 0.652. The number of benzene rings is 2. The number of carboxylic acids is 1. The molecule has 1 aliphatic heterocycles. The molecule has 1 heterocycles. The molecule has 8 nitrogen and oxygen atoms in total. The minimum atomic E-state index is -3.98. The van der Waals surface area contributed by atoms with E-state index in [-0.39, 0.29) is 26.1 Å². The van der Waals surface area contributed by atoms with Crippen LogP contribution < -0.4 is 4.72 Å². The van der Waals surface area contributed by atoms with Gasteiger partial charge in [-0.25, -0.2) is 22.3 Å². The fourth-order valence-corrected chi connectivity index (χ4v) is 4.45. The largest absolute Gasteiger partial charge is 0.480 e. The van der Waals surface area contributed by atoms with Crippen molar-refractivity contribution < 1.29 is 32.2 Å². The van der Waals surface area contributed by atoms with Crippen LogP contribution in [0.15, 0.2) is 54.6 Å². The molecular formula is C20H21FN2O6S. The number of carbonyl (C=O) groups excluding carboxylic acids is 1. The molecule has 1 atom stereocenters. The molecule has 2 aromatic rings. The number of carboxylic acid groups (broad SMARTS) is 1. The van der Waals surface area contributed by atoms with Crippen LogP contribution in [0.4, 0.5) is 9.18 Å². The van der Waals surface area contributed by atoms with Crippen molar-refractivity contribution in [1.29, 1.82) is 0 Å². The summed E-state index contributed by atoms with van der Waals surface area (Å²) in [5.74, 6) is -1.82. The van der Waals surface area contributed by atoms with Crippen LogP contribution in [0.5, 0.6) is 0 Å². The first kappa shape index (κ1) is 21.7. The second-order valence-electron chi connectivity index (χ2n) is 6.95. The van der Waals surface area contributed by atoms with E-state index in [2.05, 4.69) is 4.72 Å². The molecule has 3 rings (SSSR count). The standard InChI is InChI=1S/C20H21FN2O6S/c21-16-8-6-14(7-9-16)10-18(19(24)25)22-30(27,28)17-11-23(12-17)20(26)29-13-15-4-2-1-3-5-15/h1-9,17-18,22H,10-13H2,(H,24,25). The Labute approximate surface area is 173 Å². The number of ether oxygens (including phenoxy) is 1. The second-order valence-corrected chi connectivity index (χ2v) is 8.94. The van der Waals surface area contributed by atoms with Gasteiger partial charge in [0.1, 0.15) is 23.7 Å². The minimum absolute atomic E-state index is 0.0740. The Kier molecular flexibility index (Phi) is 6.68. The highest BCUT2D eigenvalue weighted by atomic mass is 32.2. The summed E-state index contributed by atoms with van der Waals surface area (Å²) in [5, 5.41) is 8.42. The lowest BCUT2D eigenvalue weighted by molar-refractivity contribution is -0.138. The Morgan fingerprint density at radius 2 is 1.73 bits per heavy atom. The summed E-state index contributed by atoms with van der Waals surface area (Å²) in [6, 6.07) is 12.8. The number of carbonyl (C=O) groups is 2. The highest BCUT2D eigenvalue weighted by Gasteiger charge is 2.42. The molecule has 2 N–H and O–H groups in total. The highest BCUT2D eigenvalue weighted by molar-refractivity contribution is 7.90. The van der Waals surface area contributed by atoms with Gasteiger partial charge in [-0.2, -0.15) is 0 Å². The van der Waals surface area contributed by atoms with Gasteiger partial charge >= 0.3 is 12.1 Å². The zero-order valence-electron chi connectivity index (χ0n) is 15.9. The van der Waals surface area contributed by atoms with Crippen LogP contribution in [0.1, 0.15) is 11.1 Å². The van der Waals surface area contributed by atoms with Crippen molar-refractivity contribution in [2.24, 2.45) is 0 Å². The summed E-state index contributed by atoms with van der Waals surface area (Å²) in [4.78, 5) is 24.8. The first-order valence-electron chi connectivity index (χ1n) is 9.18. The van der Waals surface area contributed by atoms with Gasteiger partial charge in [-0.05, 0) is 29.7 Å². The predicted octanol–water partition coefficient (Wildman–Crippen LogP) is 1.76. The molecule has 1 fully saturated rings. The van der Waals surface area contributed by atoms with Crippen LogP contribution >= 0.6 is 0 Å². The van der Waals surface area contributed by atoms with Gasteiger partial charge in [-0.1, -0.05) is 42.5 Å². The Balaban J connectivity index is 1.52. The fraction of sp³-hybridized carbons (Fsp3) is 0.300. The molecule has 160 valence electrons. The van der Waals surface area contributed by atoms with Crippen molar-refractivity contribution in [3.63, 3.8) is 0 Å². The fourth-order valence-electron chi connectivity index (χ4n) is 2.92. The molecular weight excluding hydrogens is 415 g/mol. The van der Waals surface area contributed by atoms with Gasteiger partial charge in [-0.15, -0.1) is 0 Å². The van der Waals surface area contributed by atoms with E-state index in [1.165, 1.54) is 29.2 Å². The number of sulfonamides is 1. The van der Waals surface area contributed by atoms with E-state index in [0.29, 0.717) is 5.56 Å². The van der Waals surface area contributed by atoms with Crippen molar-refractivity contribution in [2.75, 3.05) is 13.1 Å². The lowest BCUT2D eigenvalue weighted by Gasteiger charge is -2.38. The van der Waals surface area contributed by atoms with E-state index >= 15 is 0 Å². The summed E-state index contributed by atoms with van der Waals surface area (Å²) >= 11 is 0. The molecule has 0 saturated carbocycles. The smallest absolute Gasteiger partial charge is 0.410 e. The Bertz CT molecular complexity index is 992. The Morgan fingerprint density at radius 3 is 2.33 bits per heavy atom. The maximum atomic E-state index is 13.0. The third-order valence-electron chi connectivity index (χ3n) is 4.71. The van der Waals surface area contributed by atoms with Crippen LogP contribution in [0.2, 0.25) is 0 Å². The second kappa shape index (κ2) is 9.23. The number of nitrogens with one attached hydrogen (secondary N) is 1. The number of aliphatic carboxylic acids is 1. The Hall–Kier alpha value is -2.98. The highest BCUT2D eigenvalue weighted by Crippen LogP contribution is 2.18. The molecule has 0 radical (unpaired) electrons. The summed E-state index contributed by atoms with van der Waals surface area (Å²) in [6.07, 6.45) is -0.767. The van der Waals surface area contributed by atoms with Crippen LogP contribution in [-0.2, 0) is 32.6 Å². The third kappa shape index (κ3) is 5.55. The van der Waals surface area contributed by atoms with E-state index < -0.39 is 39.2 Å². The van der Waals surface area contributed by atoms with Crippen LogP contribution in [0.3, 0.4) is 0 Å². The Morgan fingerprint density at radius 1 is 1.10 bits per heavy atom. The van der Waals surface area contributed by atoms with Gasteiger partial charge < -0.3 is 14.7 Å². The van der Waals surface area contributed by atoms with Crippen molar-refractivity contribution in [3.05, 3.63) is 71.5 Å². The normalized spacial score (nSPS) is 15.3. The van der Waals surface area contributed by atoms with Crippen molar-refractivity contribution in [2.45, 2.75) is 24.3 Å². The van der Waals surface area contributed by atoms with Crippen LogP contribution in [0, 0.1) is 5.82 Å². The van der Waals surface area contributed by atoms with Crippen molar-refractivity contribution >= 4 is 22.1 Å². The van der Waals surface area contributed by atoms with E-state index in [1.54, 1.807) is 12.1 Å². The monoisotopic (exact) mass is 436 g/mol. The molecule has 1 unspecified atom stereocenters. The van der Waals surface area contributed by atoms with Gasteiger partial charge in [0.15, 0.2) is 0 Å². The summed E-state index contributed by atoms with van der Waals surface area (Å²) < 4.78 is 45.3. The third-order valence-corrected chi connectivity index (χ3v) is 6.50. The van der Waals surface area contributed by atoms with Gasteiger partial charge in [-0.3, -0.25) is 4.79 Å². The average Bonchev–Trinajstić information content (AvgIpc) is 2.66. The first-order valence-corrected chi connectivity index (χ1v) is 10.7. The van der Waals surface area contributed by atoms with Crippen LogP contribution in [0.25, 0.3) is 0 Å². The zero-order valence-corrected chi connectivity index (χ0v) is 16.7. The molecule has 30 heavy (non-hydrogen) atoms. The number of amides is 1. The number of halogens is 1. The molecule has 0 bridgehead atoms. The maximum absolute atomic E-state index is 13.0. The zero-order chi connectivity index (χ0) is 21.7.